The molecule has 0 saturated heterocycles. The van der Waals surface area contributed by atoms with Crippen LogP contribution >= 0.6 is 0 Å². The third kappa shape index (κ3) is 3.34. The standard InChI is InChI=1S/C14H24N4O3/c1-14(2)7-11(19)18(13(16)17-14)10(4-5-21-3)8-6-9(8)12(15)20/h8-10H,4-7H2,1-3H3,(H2,15,20)(H2,16,17)/t8-,9-,10-/m1/s1. The van der Waals surface area contributed by atoms with Crippen molar-refractivity contribution in [3.63, 3.8) is 0 Å². The summed E-state index contributed by atoms with van der Waals surface area (Å²) in [5.74, 6) is -0.266. The van der Waals surface area contributed by atoms with Crippen molar-refractivity contribution >= 4 is 17.8 Å². The van der Waals surface area contributed by atoms with Crippen LogP contribution in [0.5, 0.6) is 0 Å². The summed E-state index contributed by atoms with van der Waals surface area (Å²) in [5.41, 5.74) is 10.9. The molecule has 3 atom stereocenters. The molecule has 0 unspecified atom stereocenters. The van der Waals surface area contributed by atoms with Gasteiger partial charge in [0.2, 0.25) is 11.8 Å². The monoisotopic (exact) mass is 296 g/mol. The topological polar surface area (TPSA) is 111 Å². The zero-order chi connectivity index (χ0) is 15.8. The Morgan fingerprint density at radius 2 is 2.24 bits per heavy atom. The molecule has 1 heterocycles. The largest absolute Gasteiger partial charge is 0.385 e. The number of carbonyl (C=O) groups excluding carboxylic acids is 2. The fourth-order valence-electron chi connectivity index (χ4n) is 3.08. The van der Waals surface area contributed by atoms with Gasteiger partial charge in [0.1, 0.15) is 0 Å². The quantitative estimate of drug-likeness (QED) is 0.709. The van der Waals surface area contributed by atoms with Crippen LogP contribution in [0.1, 0.15) is 33.1 Å². The van der Waals surface area contributed by atoms with E-state index in [0.29, 0.717) is 25.9 Å². The van der Waals surface area contributed by atoms with E-state index in [1.807, 2.05) is 13.8 Å². The van der Waals surface area contributed by atoms with Crippen LogP contribution < -0.4 is 11.5 Å². The van der Waals surface area contributed by atoms with E-state index in [9.17, 15) is 9.59 Å². The predicted octanol–water partition coefficient (Wildman–Crippen LogP) is -0.161. The summed E-state index contributed by atoms with van der Waals surface area (Å²) >= 11 is 0. The molecule has 0 aromatic heterocycles. The molecule has 2 amide bonds. The first-order chi connectivity index (χ1) is 9.76. The number of aliphatic imine (C=N–C) groups is 1. The van der Waals surface area contributed by atoms with Gasteiger partial charge in [-0.05, 0) is 32.6 Å². The minimum atomic E-state index is -0.476. The van der Waals surface area contributed by atoms with Gasteiger partial charge < -0.3 is 16.2 Å². The van der Waals surface area contributed by atoms with E-state index < -0.39 is 5.54 Å². The number of nitrogens with two attached hydrogens (primary N) is 2. The molecule has 1 aliphatic heterocycles. The second-order valence-electron chi connectivity index (χ2n) is 6.48. The minimum Gasteiger partial charge on any atom is -0.385 e. The van der Waals surface area contributed by atoms with Crippen LogP contribution in [-0.2, 0) is 14.3 Å². The Morgan fingerprint density at radius 3 is 2.71 bits per heavy atom. The molecule has 0 aromatic rings. The molecule has 0 bridgehead atoms. The summed E-state index contributed by atoms with van der Waals surface area (Å²) in [4.78, 5) is 29.7. The van der Waals surface area contributed by atoms with Gasteiger partial charge in [-0.1, -0.05) is 0 Å². The van der Waals surface area contributed by atoms with E-state index in [1.54, 1.807) is 7.11 Å². The van der Waals surface area contributed by atoms with Gasteiger partial charge in [0.15, 0.2) is 5.96 Å². The molecule has 0 radical (unpaired) electrons. The smallest absolute Gasteiger partial charge is 0.231 e. The van der Waals surface area contributed by atoms with Crippen molar-refractivity contribution in [2.45, 2.75) is 44.7 Å². The van der Waals surface area contributed by atoms with Gasteiger partial charge in [0.05, 0.1) is 12.0 Å². The van der Waals surface area contributed by atoms with Crippen molar-refractivity contribution in [1.29, 1.82) is 0 Å². The molecular weight excluding hydrogens is 272 g/mol. The lowest BCUT2D eigenvalue weighted by Crippen LogP contribution is -2.55. The maximum atomic E-state index is 12.4. The fraction of sp³-hybridized carbons (Fsp3) is 0.786. The SMILES string of the molecule is COCC[C@H]([C@@H]1C[C@H]1C(N)=O)N1C(=O)CC(C)(C)N=C1N. The highest BCUT2D eigenvalue weighted by molar-refractivity contribution is 5.99. The van der Waals surface area contributed by atoms with E-state index in [-0.39, 0.29) is 35.7 Å². The van der Waals surface area contributed by atoms with Crippen molar-refractivity contribution in [1.82, 2.24) is 4.90 Å². The molecule has 1 aliphatic carbocycles. The van der Waals surface area contributed by atoms with E-state index in [1.165, 1.54) is 4.90 Å². The van der Waals surface area contributed by atoms with Crippen LogP contribution in [0.25, 0.3) is 0 Å². The predicted molar refractivity (Wildman–Crippen MR) is 78.2 cm³/mol. The van der Waals surface area contributed by atoms with Crippen LogP contribution in [0.3, 0.4) is 0 Å². The van der Waals surface area contributed by atoms with Gasteiger partial charge in [-0.2, -0.15) is 0 Å². The number of ether oxygens (including phenoxy) is 1. The molecule has 118 valence electrons. The van der Waals surface area contributed by atoms with Gasteiger partial charge in [0.25, 0.3) is 0 Å². The molecule has 7 nitrogen and oxygen atoms in total. The van der Waals surface area contributed by atoms with Gasteiger partial charge in [-0.3, -0.25) is 14.5 Å². The normalized spacial score (nSPS) is 29.0. The Balaban J connectivity index is 2.21. The number of methoxy groups -OCH3 is 1. The average Bonchev–Trinajstić information content (AvgIpc) is 3.11. The third-order valence-electron chi connectivity index (χ3n) is 4.17. The molecule has 4 N–H and O–H groups in total. The van der Waals surface area contributed by atoms with Crippen molar-refractivity contribution in [2.75, 3.05) is 13.7 Å². The maximum absolute atomic E-state index is 12.4. The molecule has 2 rings (SSSR count). The lowest BCUT2D eigenvalue weighted by atomic mass is 9.96. The molecule has 2 aliphatic rings. The highest BCUT2D eigenvalue weighted by atomic mass is 16.5. The lowest BCUT2D eigenvalue weighted by Gasteiger charge is -2.38. The van der Waals surface area contributed by atoms with Gasteiger partial charge in [-0.15, -0.1) is 0 Å². The van der Waals surface area contributed by atoms with Crippen LogP contribution in [-0.4, -0.2) is 48.0 Å². The highest BCUT2D eigenvalue weighted by Crippen LogP contribution is 2.44. The first-order valence-electron chi connectivity index (χ1n) is 7.22. The number of rotatable bonds is 6. The van der Waals surface area contributed by atoms with Crippen molar-refractivity contribution in [2.24, 2.45) is 28.3 Å². The Morgan fingerprint density at radius 1 is 1.57 bits per heavy atom. The Hall–Kier alpha value is -1.63. The molecule has 1 saturated carbocycles. The first-order valence-corrected chi connectivity index (χ1v) is 7.22. The second kappa shape index (κ2) is 5.63. The number of amides is 2. The summed E-state index contributed by atoms with van der Waals surface area (Å²) in [6, 6.07) is -0.171. The molecular formula is C14H24N4O3. The number of hydrogen-bond acceptors (Lipinski definition) is 5. The fourth-order valence-corrected chi connectivity index (χ4v) is 3.08. The Kier molecular flexibility index (Phi) is 4.22. The van der Waals surface area contributed by atoms with Gasteiger partial charge in [0, 0.05) is 25.7 Å². The molecule has 0 aromatic carbocycles. The van der Waals surface area contributed by atoms with E-state index in [0.717, 1.165) is 0 Å². The number of primary amides is 1. The third-order valence-corrected chi connectivity index (χ3v) is 4.17. The number of carbonyl (C=O) groups is 2. The highest BCUT2D eigenvalue weighted by Gasteiger charge is 2.51. The van der Waals surface area contributed by atoms with Gasteiger partial charge >= 0.3 is 0 Å². The van der Waals surface area contributed by atoms with Crippen LogP contribution in [0.15, 0.2) is 4.99 Å². The Bertz CT molecular complexity index is 475. The van der Waals surface area contributed by atoms with E-state index in [2.05, 4.69) is 4.99 Å². The van der Waals surface area contributed by atoms with Gasteiger partial charge in [-0.25, -0.2) is 4.99 Å². The molecule has 0 spiro atoms. The van der Waals surface area contributed by atoms with Crippen LogP contribution in [0.4, 0.5) is 0 Å². The average molecular weight is 296 g/mol. The molecule has 1 fully saturated rings. The summed E-state index contributed by atoms with van der Waals surface area (Å²) < 4.78 is 5.11. The summed E-state index contributed by atoms with van der Waals surface area (Å²) in [6.45, 7) is 4.25. The van der Waals surface area contributed by atoms with Crippen LogP contribution in [0.2, 0.25) is 0 Å². The maximum Gasteiger partial charge on any atom is 0.231 e. The van der Waals surface area contributed by atoms with Crippen molar-refractivity contribution in [3.8, 4) is 0 Å². The number of hydrogen-bond donors (Lipinski definition) is 2. The number of guanidine groups is 1. The molecule has 21 heavy (non-hydrogen) atoms. The minimum absolute atomic E-state index is 0.0521. The second-order valence-corrected chi connectivity index (χ2v) is 6.48. The van der Waals surface area contributed by atoms with Crippen molar-refractivity contribution in [3.05, 3.63) is 0 Å². The summed E-state index contributed by atoms with van der Waals surface area (Å²) in [5, 5.41) is 0. The Labute approximate surface area is 124 Å². The first kappa shape index (κ1) is 15.8. The van der Waals surface area contributed by atoms with E-state index in [4.69, 9.17) is 16.2 Å². The molecule has 7 heteroatoms. The zero-order valence-corrected chi connectivity index (χ0v) is 12.8. The summed E-state index contributed by atoms with van der Waals surface area (Å²) in [6.07, 6.45) is 1.63. The van der Waals surface area contributed by atoms with E-state index >= 15 is 0 Å². The summed E-state index contributed by atoms with van der Waals surface area (Å²) in [7, 11) is 1.61. The van der Waals surface area contributed by atoms with Crippen molar-refractivity contribution < 1.29 is 14.3 Å². The number of nitrogens with zero attached hydrogens (tertiary/aromatic N) is 2. The zero-order valence-electron chi connectivity index (χ0n) is 12.8. The van der Waals surface area contributed by atoms with Crippen LogP contribution in [0, 0.1) is 11.8 Å². The lowest BCUT2D eigenvalue weighted by molar-refractivity contribution is -0.132.